The third kappa shape index (κ3) is 3.44. The molecule has 2 unspecified atom stereocenters. The molecule has 1 aliphatic heterocycles. The van der Waals surface area contributed by atoms with Crippen molar-refractivity contribution in [2.45, 2.75) is 38.9 Å². The molecular weight excluding hydrogens is 232 g/mol. The summed E-state index contributed by atoms with van der Waals surface area (Å²) in [5, 5.41) is 4.41. The molecule has 2 atom stereocenters. The summed E-state index contributed by atoms with van der Waals surface area (Å²) in [6, 6.07) is 9.41. The smallest absolute Gasteiger partial charge is 0.0409 e. The van der Waals surface area contributed by atoms with Gasteiger partial charge in [0.15, 0.2) is 0 Å². The van der Waals surface area contributed by atoms with E-state index in [4.69, 9.17) is 11.6 Å². The highest BCUT2D eigenvalue weighted by Gasteiger charge is 2.23. The second kappa shape index (κ2) is 5.85. The van der Waals surface area contributed by atoms with Gasteiger partial charge in [-0.15, -0.1) is 0 Å². The van der Waals surface area contributed by atoms with Gasteiger partial charge in [-0.1, -0.05) is 30.7 Å². The van der Waals surface area contributed by atoms with Crippen LogP contribution in [0, 0.1) is 0 Å². The molecular formula is C14H21ClN2. The van der Waals surface area contributed by atoms with E-state index in [1.807, 2.05) is 12.1 Å². The maximum Gasteiger partial charge on any atom is 0.0409 e. The molecule has 2 rings (SSSR count). The maximum atomic E-state index is 6.02. The van der Waals surface area contributed by atoms with Gasteiger partial charge in [0.2, 0.25) is 0 Å². The number of rotatable bonds is 3. The van der Waals surface area contributed by atoms with Crippen molar-refractivity contribution in [3.63, 3.8) is 0 Å². The quantitative estimate of drug-likeness (QED) is 0.890. The van der Waals surface area contributed by atoms with Gasteiger partial charge in [0, 0.05) is 36.7 Å². The van der Waals surface area contributed by atoms with Crippen LogP contribution >= 0.6 is 11.6 Å². The fraction of sp³-hybridized carbons (Fsp3) is 0.571. The van der Waals surface area contributed by atoms with Gasteiger partial charge in [-0.3, -0.25) is 4.90 Å². The van der Waals surface area contributed by atoms with Gasteiger partial charge in [-0.25, -0.2) is 0 Å². The number of benzene rings is 1. The summed E-state index contributed by atoms with van der Waals surface area (Å²) in [5.74, 6) is 0. The van der Waals surface area contributed by atoms with Gasteiger partial charge >= 0.3 is 0 Å². The summed E-state index contributed by atoms with van der Waals surface area (Å²) in [6.45, 7) is 7.73. The number of halogens is 1. The molecule has 1 aromatic rings. The van der Waals surface area contributed by atoms with Crippen molar-refractivity contribution in [2.24, 2.45) is 0 Å². The lowest BCUT2D eigenvalue weighted by atomic mass is 10.1. The Kier molecular flexibility index (Phi) is 4.43. The van der Waals surface area contributed by atoms with Crippen molar-refractivity contribution in [2.75, 3.05) is 13.1 Å². The summed E-state index contributed by atoms with van der Waals surface area (Å²) < 4.78 is 0. The lowest BCUT2D eigenvalue weighted by Gasteiger charge is -2.38. The molecule has 0 bridgehead atoms. The van der Waals surface area contributed by atoms with Crippen LogP contribution in [0.5, 0.6) is 0 Å². The molecule has 0 saturated carbocycles. The fourth-order valence-electron chi connectivity index (χ4n) is 2.36. The van der Waals surface area contributed by atoms with E-state index in [1.165, 1.54) is 12.0 Å². The molecule has 2 nitrogen and oxygen atoms in total. The number of hydrogen-bond donors (Lipinski definition) is 1. The number of nitrogens with zero attached hydrogens (tertiary/aromatic N) is 1. The molecule has 1 N–H and O–H groups in total. The van der Waals surface area contributed by atoms with E-state index < -0.39 is 0 Å². The fourth-order valence-corrected chi connectivity index (χ4v) is 2.57. The first kappa shape index (κ1) is 12.9. The molecule has 1 heterocycles. The summed E-state index contributed by atoms with van der Waals surface area (Å²) >= 11 is 6.02. The molecule has 1 fully saturated rings. The Morgan fingerprint density at radius 3 is 3.00 bits per heavy atom. The zero-order chi connectivity index (χ0) is 12.3. The molecule has 0 spiro atoms. The Balaban J connectivity index is 2.01. The lowest BCUT2D eigenvalue weighted by Crippen LogP contribution is -2.54. The van der Waals surface area contributed by atoms with Gasteiger partial charge in [0.05, 0.1) is 0 Å². The molecule has 1 aromatic carbocycles. The second-order valence-electron chi connectivity index (χ2n) is 4.92. The minimum Gasteiger partial charge on any atom is -0.311 e. The summed E-state index contributed by atoms with van der Waals surface area (Å²) in [7, 11) is 0. The number of piperazine rings is 1. The standard InChI is InChI=1S/C14H21ClN2/c1-3-14-10-17(11(2)8-16-14)9-12-5-4-6-13(15)7-12/h4-7,11,14,16H,3,8-10H2,1-2H3. The van der Waals surface area contributed by atoms with E-state index in [-0.39, 0.29) is 0 Å². The topological polar surface area (TPSA) is 15.3 Å². The molecule has 0 aliphatic carbocycles. The molecule has 3 heteroatoms. The van der Waals surface area contributed by atoms with Crippen molar-refractivity contribution in [1.82, 2.24) is 10.2 Å². The number of hydrogen-bond acceptors (Lipinski definition) is 2. The lowest BCUT2D eigenvalue weighted by molar-refractivity contribution is 0.131. The monoisotopic (exact) mass is 252 g/mol. The zero-order valence-electron chi connectivity index (χ0n) is 10.6. The molecule has 0 radical (unpaired) electrons. The van der Waals surface area contributed by atoms with Crippen LogP contribution in [-0.4, -0.2) is 30.1 Å². The van der Waals surface area contributed by atoms with Crippen LogP contribution in [-0.2, 0) is 6.54 Å². The summed E-state index contributed by atoms with van der Waals surface area (Å²) in [5.41, 5.74) is 1.31. The average Bonchev–Trinajstić information content (AvgIpc) is 2.32. The highest BCUT2D eigenvalue weighted by Crippen LogP contribution is 2.16. The highest BCUT2D eigenvalue weighted by molar-refractivity contribution is 6.30. The van der Waals surface area contributed by atoms with Crippen LogP contribution < -0.4 is 5.32 Å². The van der Waals surface area contributed by atoms with E-state index in [9.17, 15) is 0 Å². The van der Waals surface area contributed by atoms with E-state index in [0.717, 1.165) is 24.7 Å². The molecule has 0 aromatic heterocycles. The Bertz CT molecular complexity index is 367. The van der Waals surface area contributed by atoms with Crippen molar-refractivity contribution in [3.8, 4) is 0 Å². The predicted molar refractivity (Wildman–Crippen MR) is 73.4 cm³/mol. The third-order valence-electron chi connectivity index (χ3n) is 3.55. The highest BCUT2D eigenvalue weighted by atomic mass is 35.5. The molecule has 17 heavy (non-hydrogen) atoms. The van der Waals surface area contributed by atoms with Crippen molar-refractivity contribution >= 4 is 11.6 Å². The predicted octanol–water partition coefficient (Wildman–Crippen LogP) is 2.91. The van der Waals surface area contributed by atoms with Crippen LogP contribution in [0.2, 0.25) is 5.02 Å². The molecule has 0 amide bonds. The van der Waals surface area contributed by atoms with Crippen LogP contribution in [0.25, 0.3) is 0 Å². The van der Waals surface area contributed by atoms with Crippen molar-refractivity contribution in [3.05, 3.63) is 34.9 Å². The Morgan fingerprint density at radius 2 is 2.29 bits per heavy atom. The first-order valence-corrected chi connectivity index (χ1v) is 6.78. The van der Waals surface area contributed by atoms with Gasteiger partial charge in [-0.2, -0.15) is 0 Å². The van der Waals surface area contributed by atoms with E-state index in [2.05, 4.69) is 36.2 Å². The van der Waals surface area contributed by atoms with Gasteiger partial charge < -0.3 is 5.32 Å². The van der Waals surface area contributed by atoms with Crippen molar-refractivity contribution in [1.29, 1.82) is 0 Å². The van der Waals surface area contributed by atoms with E-state index in [0.29, 0.717) is 12.1 Å². The van der Waals surface area contributed by atoms with Crippen LogP contribution in [0.1, 0.15) is 25.8 Å². The van der Waals surface area contributed by atoms with E-state index in [1.54, 1.807) is 0 Å². The molecule has 94 valence electrons. The normalized spacial score (nSPS) is 26.1. The Morgan fingerprint density at radius 1 is 1.47 bits per heavy atom. The Hall–Kier alpha value is -0.570. The van der Waals surface area contributed by atoms with Gasteiger partial charge in [0.25, 0.3) is 0 Å². The molecule has 1 aliphatic rings. The minimum absolute atomic E-state index is 0.594. The third-order valence-corrected chi connectivity index (χ3v) is 3.78. The van der Waals surface area contributed by atoms with Crippen LogP contribution in [0.3, 0.4) is 0 Å². The van der Waals surface area contributed by atoms with Gasteiger partial charge in [-0.05, 0) is 31.0 Å². The Labute approximate surface area is 109 Å². The zero-order valence-corrected chi connectivity index (χ0v) is 11.4. The summed E-state index contributed by atoms with van der Waals surface area (Å²) in [6.07, 6.45) is 1.19. The first-order chi connectivity index (χ1) is 8.19. The second-order valence-corrected chi connectivity index (χ2v) is 5.36. The largest absolute Gasteiger partial charge is 0.311 e. The van der Waals surface area contributed by atoms with Crippen LogP contribution in [0.4, 0.5) is 0 Å². The van der Waals surface area contributed by atoms with Crippen LogP contribution in [0.15, 0.2) is 24.3 Å². The SMILES string of the molecule is CCC1CN(Cc2cccc(Cl)c2)C(C)CN1. The van der Waals surface area contributed by atoms with E-state index >= 15 is 0 Å². The first-order valence-electron chi connectivity index (χ1n) is 6.41. The molecule has 1 saturated heterocycles. The summed E-state index contributed by atoms with van der Waals surface area (Å²) in [4.78, 5) is 2.54. The minimum atomic E-state index is 0.594. The maximum absolute atomic E-state index is 6.02. The van der Waals surface area contributed by atoms with Crippen molar-refractivity contribution < 1.29 is 0 Å². The number of nitrogens with one attached hydrogen (secondary N) is 1. The average molecular weight is 253 g/mol. The van der Waals surface area contributed by atoms with Gasteiger partial charge in [0.1, 0.15) is 0 Å².